The number of carboxylic acids is 1. The summed E-state index contributed by atoms with van der Waals surface area (Å²) in [6.45, 7) is 3.54. The predicted octanol–water partition coefficient (Wildman–Crippen LogP) is 2.48. The Morgan fingerprint density at radius 3 is 2.71 bits per heavy atom. The van der Waals surface area contributed by atoms with Gasteiger partial charge in [-0.3, -0.25) is 4.79 Å². The Morgan fingerprint density at radius 2 is 2.00 bits per heavy atom. The maximum absolute atomic E-state index is 12.6. The number of hydrogen-bond donors (Lipinski definition) is 4. The average molecular weight is 497 g/mol. The second-order valence-electron chi connectivity index (χ2n) is 9.81. The largest absolute Gasteiger partial charge is 0.477 e. The van der Waals surface area contributed by atoms with Crippen molar-refractivity contribution in [3.8, 4) is 0 Å². The number of rotatable bonds is 8. The maximum atomic E-state index is 12.6. The Morgan fingerprint density at radius 1 is 1.26 bits per heavy atom. The molecule has 2 aromatic carbocycles. The summed E-state index contributed by atoms with van der Waals surface area (Å²) < 4.78 is 0. The highest BCUT2D eigenvalue weighted by molar-refractivity contribution is 8.03. The number of hydrogen-bond acceptors (Lipinski definition) is 7. The maximum Gasteiger partial charge on any atom is 0.353 e. The van der Waals surface area contributed by atoms with Gasteiger partial charge in [0, 0.05) is 71.0 Å². The number of aliphatic carboxylic acids is 1. The number of carbonyl (C=O) groups is 2. The molecular formula is C26H32N4O4S. The fraction of sp³-hybridized carbons (Fsp3) is 0.462. The van der Waals surface area contributed by atoms with Gasteiger partial charge in [0.05, 0.1) is 12.0 Å². The van der Waals surface area contributed by atoms with Gasteiger partial charge in [0.15, 0.2) is 0 Å². The first-order valence-corrected chi connectivity index (χ1v) is 13.0. The smallest absolute Gasteiger partial charge is 0.353 e. The van der Waals surface area contributed by atoms with Gasteiger partial charge >= 0.3 is 5.97 Å². The number of nitrogen functional groups attached to an aromatic ring is 1. The minimum Gasteiger partial charge on any atom is -0.477 e. The molecule has 0 spiro atoms. The van der Waals surface area contributed by atoms with E-state index < -0.39 is 5.97 Å². The number of carbonyl (C=O) groups excluding carboxylic acids is 1. The van der Waals surface area contributed by atoms with Gasteiger partial charge in [0.1, 0.15) is 5.70 Å². The van der Waals surface area contributed by atoms with Crippen LogP contribution in [0.2, 0.25) is 0 Å². The number of carboxylic acid groups (broad SMARTS) is 1. The van der Waals surface area contributed by atoms with Crippen molar-refractivity contribution < 1.29 is 19.8 Å². The van der Waals surface area contributed by atoms with Crippen molar-refractivity contribution in [1.82, 2.24) is 10.2 Å². The van der Waals surface area contributed by atoms with E-state index in [9.17, 15) is 19.8 Å². The first-order chi connectivity index (χ1) is 16.8. The van der Waals surface area contributed by atoms with Gasteiger partial charge in [-0.05, 0) is 25.0 Å². The molecule has 5 atom stereocenters. The van der Waals surface area contributed by atoms with Gasteiger partial charge in [-0.1, -0.05) is 31.2 Å². The third-order valence-corrected chi connectivity index (χ3v) is 9.13. The van der Waals surface area contributed by atoms with Crippen LogP contribution in [0, 0.1) is 11.8 Å². The molecule has 186 valence electrons. The Balaban J connectivity index is 1.27. The molecule has 5 rings (SSSR count). The summed E-state index contributed by atoms with van der Waals surface area (Å²) in [6, 6.07) is 12.3. The number of thioether (sulfide) groups is 1. The molecule has 2 aromatic rings. The number of β-lactam (4-membered cyclic amide) rings is 1. The Bertz CT molecular complexity index is 1200. The summed E-state index contributed by atoms with van der Waals surface area (Å²) in [4.78, 5) is 29.2. The van der Waals surface area contributed by atoms with Crippen molar-refractivity contribution in [2.24, 2.45) is 11.8 Å². The quantitative estimate of drug-likeness (QED) is 0.325. The first-order valence-electron chi connectivity index (χ1n) is 12.1. The summed E-state index contributed by atoms with van der Waals surface area (Å²) in [5.41, 5.74) is 8.21. The van der Waals surface area contributed by atoms with Crippen LogP contribution in [0.5, 0.6) is 0 Å². The van der Waals surface area contributed by atoms with Crippen LogP contribution in [0.25, 0.3) is 10.8 Å². The minimum absolute atomic E-state index is 0.0387. The number of aliphatic hydroxyl groups is 1. The molecule has 0 aliphatic carbocycles. The van der Waals surface area contributed by atoms with Crippen molar-refractivity contribution in [3.05, 3.63) is 47.0 Å². The summed E-state index contributed by atoms with van der Waals surface area (Å²) in [6.07, 6.45) is 1.29. The highest BCUT2D eigenvalue weighted by Crippen LogP contribution is 2.51. The highest BCUT2D eigenvalue weighted by atomic mass is 32.2. The Kier molecular flexibility index (Phi) is 6.41. The molecule has 0 aromatic heterocycles. The lowest BCUT2D eigenvalue weighted by Gasteiger charge is -2.45. The molecule has 5 N–H and O–H groups in total. The molecule has 1 amide bonds. The van der Waals surface area contributed by atoms with Crippen molar-refractivity contribution in [1.29, 1.82) is 0 Å². The van der Waals surface area contributed by atoms with Crippen molar-refractivity contribution in [2.75, 3.05) is 37.4 Å². The number of nitrogens with two attached hydrogens (primary N) is 1. The summed E-state index contributed by atoms with van der Waals surface area (Å²) in [7, 11) is 2.09. The van der Waals surface area contributed by atoms with E-state index in [1.54, 1.807) is 11.8 Å². The SMILES string of the molecule is C[C@H]1C(S[C@@H]2CN[C@H](CN(C)c3ccc(N)c4ccccc34)C2)=C(C(=O)O)N2C(=O)[C@@H](CCO)[C@@H]12. The average Bonchev–Trinajstić information content (AvgIpc) is 3.38. The molecule has 0 bridgehead atoms. The number of fused-ring (bicyclic) bond motifs is 2. The van der Waals surface area contributed by atoms with E-state index in [1.807, 2.05) is 31.2 Å². The van der Waals surface area contributed by atoms with Crippen LogP contribution in [0.4, 0.5) is 11.4 Å². The Labute approximate surface area is 209 Å². The number of nitrogens with zero attached hydrogens (tertiary/aromatic N) is 2. The predicted molar refractivity (Wildman–Crippen MR) is 139 cm³/mol. The number of anilines is 2. The number of aliphatic hydroxyl groups excluding tert-OH is 1. The zero-order chi connectivity index (χ0) is 24.9. The van der Waals surface area contributed by atoms with Crippen LogP contribution in [0.1, 0.15) is 19.8 Å². The van der Waals surface area contributed by atoms with Gasteiger partial charge in [-0.25, -0.2) is 4.79 Å². The lowest BCUT2D eigenvalue weighted by molar-refractivity contribution is -0.157. The number of nitrogens with one attached hydrogen (secondary N) is 1. The molecule has 0 saturated carbocycles. The molecule has 3 aliphatic rings. The van der Waals surface area contributed by atoms with Crippen LogP contribution in [-0.2, 0) is 9.59 Å². The fourth-order valence-electron chi connectivity index (χ4n) is 5.95. The molecule has 2 fully saturated rings. The molecule has 35 heavy (non-hydrogen) atoms. The molecular weight excluding hydrogens is 464 g/mol. The molecule has 3 heterocycles. The monoisotopic (exact) mass is 496 g/mol. The first kappa shape index (κ1) is 24.0. The summed E-state index contributed by atoms with van der Waals surface area (Å²) >= 11 is 1.61. The normalized spacial score (nSPS) is 27.9. The van der Waals surface area contributed by atoms with E-state index in [0.29, 0.717) is 6.42 Å². The van der Waals surface area contributed by atoms with Crippen LogP contribution < -0.4 is 16.0 Å². The lowest BCUT2D eigenvalue weighted by Crippen LogP contribution is -2.60. The van der Waals surface area contributed by atoms with E-state index in [1.165, 1.54) is 4.90 Å². The zero-order valence-corrected chi connectivity index (χ0v) is 20.8. The second kappa shape index (κ2) is 9.37. The lowest BCUT2D eigenvalue weighted by atomic mass is 9.80. The molecule has 2 saturated heterocycles. The van der Waals surface area contributed by atoms with E-state index in [-0.39, 0.29) is 47.4 Å². The van der Waals surface area contributed by atoms with Crippen molar-refractivity contribution in [2.45, 2.75) is 37.1 Å². The summed E-state index contributed by atoms with van der Waals surface area (Å²) in [5.74, 6) is -1.55. The molecule has 0 radical (unpaired) electrons. The van der Waals surface area contributed by atoms with Crippen molar-refractivity contribution in [3.63, 3.8) is 0 Å². The third kappa shape index (κ3) is 4.05. The standard InChI is InChI=1S/C26H32N4O4S/c1-14-22-19(9-10-31)25(32)30(22)23(26(33)34)24(14)35-16-11-15(28-12-16)13-29(2)21-8-7-20(27)17-5-3-4-6-18(17)21/h3-8,14-16,19,22,28,31H,9-13,27H2,1-2H3,(H,33,34)/t14-,15+,16+,19+,22-/m1/s1. The van der Waals surface area contributed by atoms with E-state index >= 15 is 0 Å². The number of benzene rings is 2. The Hall–Kier alpha value is -2.75. The van der Waals surface area contributed by atoms with Gasteiger partial charge in [-0.2, -0.15) is 0 Å². The van der Waals surface area contributed by atoms with E-state index in [2.05, 4.69) is 29.4 Å². The zero-order valence-electron chi connectivity index (χ0n) is 20.0. The van der Waals surface area contributed by atoms with Crippen LogP contribution in [-0.4, -0.2) is 71.1 Å². The van der Waals surface area contributed by atoms with Crippen LogP contribution >= 0.6 is 11.8 Å². The van der Waals surface area contributed by atoms with E-state index in [4.69, 9.17) is 5.73 Å². The van der Waals surface area contributed by atoms with E-state index in [0.717, 1.165) is 46.6 Å². The molecule has 9 heteroatoms. The third-order valence-electron chi connectivity index (χ3n) is 7.62. The van der Waals surface area contributed by atoms with Gasteiger partial charge < -0.3 is 31.1 Å². The number of amides is 1. The van der Waals surface area contributed by atoms with Gasteiger partial charge in [0.25, 0.3) is 0 Å². The van der Waals surface area contributed by atoms with Crippen molar-refractivity contribution >= 4 is 45.8 Å². The highest BCUT2D eigenvalue weighted by Gasteiger charge is 2.58. The van der Waals surface area contributed by atoms with Gasteiger partial charge in [-0.15, -0.1) is 11.8 Å². The summed E-state index contributed by atoms with van der Waals surface area (Å²) in [5, 5.41) is 25.2. The second-order valence-corrected chi connectivity index (χ2v) is 11.1. The molecule has 8 nitrogen and oxygen atoms in total. The molecule has 0 unspecified atom stereocenters. The number of likely N-dealkylation sites (N-methyl/N-ethyl adjacent to an activating group) is 1. The van der Waals surface area contributed by atoms with Gasteiger partial charge in [0.2, 0.25) is 5.91 Å². The fourth-order valence-corrected chi connectivity index (χ4v) is 7.47. The van der Waals surface area contributed by atoms with Crippen LogP contribution in [0.15, 0.2) is 47.0 Å². The topological polar surface area (TPSA) is 119 Å². The minimum atomic E-state index is -1.05. The van der Waals surface area contributed by atoms with Crippen LogP contribution in [0.3, 0.4) is 0 Å². The molecule has 3 aliphatic heterocycles.